The number of pyridine rings is 1. The molecule has 0 aliphatic carbocycles. The number of nitrogens with one attached hydrogen (secondary N) is 2. The lowest BCUT2D eigenvalue weighted by molar-refractivity contribution is -0.112. The number of morpholine rings is 1. The SMILES string of the molecule is CC(C)C(N)=CC(=N)C(=O)Cc1ccc([C@@H]2CNCCO2)nc1. The first-order chi connectivity index (χ1) is 11.0. The predicted octanol–water partition coefficient (Wildman–Crippen LogP) is 1.37. The molecule has 0 bridgehead atoms. The largest absolute Gasteiger partial charge is 0.402 e. The summed E-state index contributed by atoms with van der Waals surface area (Å²) in [5, 5.41) is 11.1. The lowest BCUT2D eigenvalue weighted by Gasteiger charge is -2.23. The van der Waals surface area contributed by atoms with Crippen LogP contribution in [0, 0.1) is 11.3 Å². The van der Waals surface area contributed by atoms with E-state index in [-0.39, 0.29) is 29.9 Å². The summed E-state index contributed by atoms with van der Waals surface area (Å²) in [5.74, 6) is -0.146. The molecule has 1 aliphatic heterocycles. The van der Waals surface area contributed by atoms with Gasteiger partial charge < -0.3 is 15.8 Å². The maximum absolute atomic E-state index is 12.1. The monoisotopic (exact) mass is 316 g/mol. The van der Waals surface area contributed by atoms with E-state index < -0.39 is 0 Å². The van der Waals surface area contributed by atoms with Crippen LogP contribution in [0.4, 0.5) is 0 Å². The quantitative estimate of drug-likeness (QED) is 0.688. The van der Waals surface area contributed by atoms with Crippen molar-refractivity contribution in [2.75, 3.05) is 19.7 Å². The zero-order valence-corrected chi connectivity index (χ0v) is 13.6. The summed E-state index contributed by atoms with van der Waals surface area (Å²) >= 11 is 0. The second kappa shape index (κ2) is 7.99. The van der Waals surface area contributed by atoms with Gasteiger partial charge in [0.15, 0.2) is 5.78 Å². The van der Waals surface area contributed by atoms with Gasteiger partial charge in [-0.1, -0.05) is 19.9 Å². The molecular weight excluding hydrogens is 292 g/mol. The third kappa shape index (κ3) is 4.97. The summed E-state index contributed by atoms with van der Waals surface area (Å²) in [6.45, 7) is 6.13. The molecular formula is C17H24N4O2. The van der Waals surface area contributed by atoms with E-state index in [0.29, 0.717) is 12.3 Å². The second-order valence-electron chi connectivity index (χ2n) is 5.97. The smallest absolute Gasteiger partial charge is 0.184 e. The van der Waals surface area contributed by atoms with Crippen molar-refractivity contribution in [1.82, 2.24) is 10.3 Å². The van der Waals surface area contributed by atoms with Gasteiger partial charge in [-0.2, -0.15) is 0 Å². The van der Waals surface area contributed by atoms with E-state index in [9.17, 15) is 4.79 Å². The van der Waals surface area contributed by atoms with Gasteiger partial charge in [0.25, 0.3) is 0 Å². The zero-order chi connectivity index (χ0) is 16.8. The van der Waals surface area contributed by atoms with Gasteiger partial charge in [0.2, 0.25) is 0 Å². The molecule has 1 aromatic heterocycles. The molecule has 6 heteroatoms. The lowest BCUT2D eigenvalue weighted by Crippen LogP contribution is -2.33. The zero-order valence-electron chi connectivity index (χ0n) is 13.6. The molecule has 0 radical (unpaired) electrons. The number of carbonyl (C=O) groups is 1. The topological polar surface area (TPSA) is 101 Å². The van der Waals surface area contributed by atoms with Crippen molar-refractivity contribution in [2.45, 2.75) is 26.4 Å². The molecule has 4 N–H and O–H groups in total. The molecule has 1 saturated heterocycles. The Bertz CT molecular complexity index is 587. The highest BCUT2D eigenvalue weighted by Gasteiger charge is 2.17. The van der Waals surface area contributed by atoms with Crippen LogP contribution in [0.3, 0.4) is 0 Å². The van der Waals surface area contributed by atoms with E-state index in [4.69, 9.17) is 15.9 Å². The predicted molar refractivity (Wildman–Crippen MR) is 89.3 cm³/mol. The van der Waals surface area contributed by atoms with E-state index >= 15 is 0 Å². The van der Waals surface area contributed by atoms with Crippen LogP contribution in [-0.2, 0) is 16.0 Å². The van der Waals surface area contributed by atoms with E-state index in [1.54, 1.807) is 6.20 Å². The van der Waals surface area contributed by atoms with Crippen LogP contribution in [0.1, 0.15) is 31.2 Å². The van der Waals surface area contributed by atoms with Crippen LogP contribution in [0.15, 0.2) is 30.1 Å². The minimum Gasteiger partial charge on any atom is -0.402 e. The maximum atomic E-state index is 12.1. The van der Waals surface area contributed by atoms with Crippen molar-refractivity contribution in [3.05, 3.63) is 41.4 Å². The maximum Gasteiger partial charge on any atom is 0.184 e. The number of rotatable bonds is 6. The molecule has 1 aliphatic rings. The van der Waals surface area contributed by atoms with Crippen molar-refractivity contribution in [2.24, 2.45) is 11.7 Å². The van der Waals surface area contributed by atoms with Crippen LogP contribution in [-0.4, -0.2) is 36.2 Å². The van der Waals surface area contributed by atoms with E-state index in [2.05, 4.69) is 10.3 Å². The number of aromatic nitrogens is 1. The number of ether oxygens (including phenoxy) is 1. The molecule has 23 heavy (non-hydrogen) atoms. The number of ketones is 1. The molecule has 0 aromatic carbocycles. The molecule has 124 valence electrons. The van der Waals surface area contributed by atoms with E-state index in [0.717, 1.165) is 24.3 Å². The highest BCUT2D eigenvalue weighted by Crippen LogP contribution is 2.16. The molecule has 1 aromatic rings. The van der Waals surface area contributed by atoms with Crippen molar-refractivity contribution >= 4 is 11.5 Å². The third-order valence-corrected chi connectivity index (χ3v) is 3.75. The van der Waals surface area contributed by atoms with Gasteiger partial charge in [-0.05, 0) is 23.6 Å². The van der Waals surface area contributed by atoms with Crippen LogP contribution in [0.2, 0.25) is 0 Å². The summed E-state index contributed by atoms with van der Waals surface area (Å²) in [6.07, 6.45) is 3.22. The number of nitrogens with two attached hydrogens (primary N) is 1. The Labute approximate surface area is 136 Å². The summed E-state index contributed by atoms with van der Waals surface area (Å²) < 4.78 is 5.64. The number of carbonyl (C=O) groups excluding carboxylic acids is 1. The number of hydrogen-bond donors (Lipinski definition) is 3. The lowest BCUT2D eigenvalue weighted by atomic mass is 10.0. The van der Waals surface area contributed by atoms with Crippen molar-refractivity contribution < 1.29 is 9.53 Å². The molecule has 1 atom stereocenters. The molecule has 0 unspecified atom stereocenters. The Kier molecular flexibility index (Phi) is 6.01. The molecule has 6 nitrogen and oxygen atoms in total. The summed E-state index contributed by atoms with van der Waals surface area (Å²) in [6, 6.07) is 3.74. The highest BCUT2D eigenvalue weighted by molar-refractivity contribution is 6.43. The summed E-state index contributed by atoms with van der Waals surface area (Å²) in [7, 11) is 0. The van der Waals surface area contributed by atoms with E-state index in [1.165, 1.54) is 6.08 Å². The first kappa shape index (κ1) is 17.3. The Hall–Kier alpha value is -2.05. The molecule has 0 amide bonds. The Balaban J connectivity index is 1.96. The molecule has 0 spiro atoms. The summed E-state index contributed by atoms with van der Waals surface area (Å²) in [5.41, 5.74) is 7.89. The fourth-order valence-corrected chi connectivity index (χ4v) is 2.18. The minimum atomic E-state index is -0.265. The van der Waals surface area contributed by atoms with Crippen LogP contribution in [0.5, 0.6) is 0 Å². The van der Waals surface area contributed by atoms with Gasteiger partial charge in [-0.15, -0.1) is 0 Å². The van der Waals surface area contributed by atoms with Crippen LogP contribution >= 0.6 is 0 Å². The Morgan fingerprint density at radius 3 is 2.91 bits per heavy atom. The van der Waals surface area contributed by atoms with Gasteiger partial charge in [-0.25, -0.2) is 0 Å². The number of hydrogen-bond acceptors (Lipinski definition) is 6. The normalized spacial score (nSPS) is 18.9. The standard InChI is InChI=1S/C17H24N4O2/c1-11(2)13(18)8-14(19)16(22)7-12-3-4-15(21-9-12)17-10-20-5-6-23-17/h3-4,8-9,11,17,19-20H,5-7,10,18H2,1-2H3/t17-/m0/s1. The van der Waals surface area contributed by atoms with Crippen molar-refractivity contribution in [1.29, 1.82) is 5.41 Å². The Morgan fingerprint density at radius 2 is 2.35 bits per heavy atom. The molecule has 0 saturated carbocycles. The first-order valence-electron chi connectivity index (χ1n) is 7.83. The molecule has 1 fully saturated rings. The van der Waals surface area contributed by atoms with Crippen LogP contribution < -0.4 is 11.1 Å². The second-order valence-corrected chi connectivity index (χ2v) is 5.97. The fraction of sp³-hybridized carbons (Fsp3) is 0.471. The number of Topliss-reactive ketones (excluding diaryl/α,β-unsaturated/α-hetero) is 1. The molecule has 2 rings (SSSR count). The average molecular weight is 316 g/mol. The van der Waals surface area contributed by atoms with Gasteiger partial charge in [-0.3, -0.25) is 15.2 Å². The van der Waals surface area contributed by atoms with Gasteiger partial charge in [0.1, 0.15) is 6.10 Å². The van der Waals surface area contributed by atoms with Crippen molar-refractivity contribution in [3.63, 3.8) is 0 Å². The number of nitrogens with zero attached hydrogens (tertiary/aromatic N) is 1. The minimum absolute atomic E-state index is 0.0411. The molecule has 2 heterocycles. The van der Waals surface area contributed by atoms with E-state index in [1.807, 2.05) is 26.0 Å². The van der Waals surface area contributed by atoms with Gasteiger partial charge in [0.05, 0.1) is 18.0 Å². The van der Waals surface area contributed by atoms with Gasteiger partial charge >= 0.3 is 0 Å². The Morgan fingerprint density at radius 1 is 1.57 bits per heavy atom. The fourth-order valence-electron chi connectivity index (χ4n) is 2.18. The average Bonchev–Trinajstić information content (AvgIpc) is 2.56. The van der Waals surface area contributed by atoms with Crippen LogP contribution in [0.25, 0.3) is 0 Å². The highest BCUT2D eigenvalue weighted by atomic mass is 16.5. The number of allylic oxidation sites excluding steroid dienone is 2. The van der Waals surface area contributed by atoms with Gasteiger partial charge in [0, 0.05) is 31.4 Å². The third-order valence-electron chi connectivity index (χ3n) is 3.75. The van der Waals surface area contributed by atoms with Crippen molar-refractivity contribution in [3.8, 4) is 0 Å². The summed E-state index contributed by atoms with van der Waals surface area (Å²) in [4.78, 5) is 16.4. The first-order valence-corrected chi connectivity index (χ1v) is 7.83.